The first-order chi connectivity index (χ1) is 10.2. The van der Waals surface area contributed by atoms with Gasteiger partial charge < -0.3 is 20.3 Å². The Balaban J connectivity index is 0.00000176. The van der Waals surface area contributed by atoms with Gasteiger partial charge in [-0.05, 0) is 36.4 Å². The molecule has 2 atom stereocenters. The zero-order chi connectivity index (χ0) is 14.8. The van der Waals surface area contributed by atoms with Crippen LogP contribution >= 0.6 is 12.4 Å². The zero-order valence-corrected chi connectivity index (χ0v) is 13.4. The van der Waals surface area contributed by atoms with Crippen molar-refractivity contribution in [2.45, 2.75) is 38.5 Å². The molecule has 3 rings (SSSR count). The summed E-state index contributed by atoms with van der Waals surface area (Å²) in [6.07, 6.45) is 3.20. The fourth-order valence-electron chi connectivity index (χ4n) is 2.84. The molecule has 1 amide bonds. The molecule has 0 aliphatic carbocycles. The first-order valence-electron chi connectivity index (χ1n) is 7.48. The Hall–Kier alpha value is -1.56. The minimum Gasteiger partial charge on any atom is -0.392 e. The number of fused-ring (bicyclic) bond motifs is 1. The highest BCUT2D eigenvalue weighted by Gasteiger charge is 2.27. The summed E-state index contributed by atoms with van der Waals surface area (Å²) in [6.45, 7) is 3.60. The number of carbonyl (C=O) groups is 1. The van der Waals surface area contributed by atoms with E-state index in [1.165, 1.54) is 5.39 Å². The minimum atomic E-state index is -0.426. The maximum Gasteiger partial charge on any atom is 0.241 e. The molecule has 0 saturated carbocycles. The Bertz CT molecular complexity index is 656. The molecule has 1 aliphatic rings. The van der Waals surface area contributed by atoms with Crippen molar-refractivity contribution in [3.8, 4) is 0 Å². The van der Waals surface area contributed by atoms with Gasteiger partial charge in [0.1, 0.15) is 0 Å². The number of nitrogens with one attached hydrogen (secondary N) is 2. The van der Waals surface area contributed by atoms with Crippen LogP contribution in [-0.2, 0) is 11.3 Å². The quantitative estimate of drug-likeness (QED) is 0.807. The van der Waals surface area contributed by atoms with Gasteiger partial charge in [-0.15, -0.1) is 12.4 Å². The van der Waals surface area contributed by atoms with Gasteiger partial charge in [-0.25, -0.2) is 0 Å². The van der Waals surface area contributed by atoms with E-state index >= 15 is 0 Å². The van der Waals surface area contributed by atoms with E-state index < -0.39 is 6.10 Å². The van der Waals surface area contributed by atoms with Crippen molar-refractivity contribution < 1.29 is 9.90 Å². The smallest absolute Gasteiger partial charge is 0.241 e. The van der Waals surface area contributed by atoms with Crippen molar-refractivity contribution in [1.29, 1.82) is 0 Å². The SMILES string of the molecule is CCCn1ccc2ccc(NC(=O)C3CC(O)CN3)cc21.Cl. The molecular formula is C16H22ClN3O2. The van der Waals surface area contributed by atoms with Crippen molar-refractivity contribution in [1.82, 2.24) is 9.88 Å². The van der Waals surface area contributed by atoms with Crippen molar-refractivity contribution in [3.05, 3.63) is 30.5 Å². The van der Waals surface area contributed by atoms with E-state index in [1.54, 1.807) is 0 Å². The highest BCUT2D eigenvalue weighted by molar-refractivity contribution is 5.97. The number of carbonyl (C=O) groups excluding carboxylic acids is 1. The van der Waals surface area contributed by atoms with E-state index in [0.717, 1.165) is 24.2 Å². The third-order valence-electron chi connectivity index (χ3n) is 3.93. The molecule has 0 spiro atoms. The predicted octanol–water partition coefficient (Wildman–Crippen LogP) is 2.13. The molecule has 3 N–H and O–H groups in total. The largest absolute Gasteiger partial charge is 0.392 e. The van der Waals surface area contributed by atoms with Crippen LogP contribution in [-0.4, -0.2) is 34.3 Å². The molecule has 0 bridgehead atoms. The van der Waals surface area contributed by atoms with Crippen molar-refractivity contribution in [3.63, 3.8) is 0 Å². The van der Waals surface area contributed by atoms with Gasteiger partial charge in [-0.2, -0.15) is 0 Å². The summed E-state index contributed by atoms with van der Waals surface area (Å²) in [5.74, 6) is -0.0838. The lowest BCUT2D eigenvalue weighted by Gasteiger charge is -2.12. The van der Waals surface area contributed by atoms with Crippen molar-refractivity contribution in [2.24, 2.45) is 0 Å². The van der Waals surface area contributed by atoms with E-state index in [1.807, 2.05) is 18.2 Å². The summed E-state index contributed by atoms with van der Waals surface area (Å²) < 4.78 is 2.20. The van der Waals surface area contributed by atoms with Gasteiger partial charge in [0.05, 0.1) is 17.7 Å². The Kier molecular flexibility index (Phi) is 5.45. The average molecular weight is 324 g/mol. The summed E-state index contributed by atoms with van der Waals surface area (Å²) in [5, 5.41) is 16.6. The van der Waals surface area contributed by atoms with Gasteiger partial charge >= 0.3 is 0 Å². The number of hydrogen-bond acceptors (Lipinski definition) is 3. The van der Waals surface area contributed by atoms with Crippen LogP contribution in [0.4, 0.5) is 5.69 Å². The van der Waals surface area contributed by atoms with Crippen molar-refractivity contribution >= 4 is 34.9 Å². The summed E-state index contributed by atoms with van der Waals surface area (Å²) in [7, 11) is 0. The third kappa shape index (κ3) is 3.43. The molecule has 22 heavy (non-hydrogen) atoms. The molecule has 2 aromatic rings. The lowest BCUT2D eigenvalue weighted by molar-refractivity contribution is -0.117. The van der Waals surface area contributed by atoms with Gasteiger partial charge in [-0.3, -0.25) is 4.79 Å². The van der Waals surface area contributed by atoms with E-state index in [0.29, 0.717) is 13.0 Å². The molecule has 1 aromatic carbocycles. The van der Waals surface area contributed by atoms with Crippen LogP contribution in [0.25, 0.3) is 10.9 Å². The number of benzene rings is 1. The number of rotatable bonds is 4. The first-order valence-corrected chi connectivity index (χ1v) is 7.48. The molecule has 1 aliphatic heterocycles. The number of anilines is 1. The van der Waals surface area contributed by atoms with Crippen LogP contribution in [0.2, 0.25) is 0 Å². The molecule has 2 unspecified atom stereocenters. The third-order valence-corrected chi connectivity index (χ3v) is 3.93. The maximum absolute atomic E-state index is 12.2. The molecule has 1 aromatic heterocycles. The van der Waals surface area contributed by atoms with Crippen molar-refractivity contribution in [2.75, 3.05) is 11.9 Å². The highest BCUT2D eigenvalue weighted by Crippen LogP contribution is 2.21. The molecule has 1 fully saturated rings. The number of amides is 1. The second kappa shape index (κ2) is 7.13. The van der Waals surface area contributed by atoms with E-state index in [4.69, 9.17) is 0 Å². The topological polar surface area (TPSA) is 66.3 Å². The maximum atomic E-state index is 12.2. The minimum absolute atomic E-state index is 0. The molecular weight excluding hydrogens is 302 g/mol. The molecule has 2 heterocycles. The van der Waals surface area contributed by atoms with Gasteiger partial charge in [0.2, 0.25) is 5.91 Å². The lowest BCUT2D eigenvalue weighted by Crippen LogP contribution is -2.35. The van der Waals surface area contributed by atoms with E-state index in [-0.39, 0.29) is 24.4 Å². The second-order valence-corrected chi connectivity index (χ2v) is 5.62. The number of halogens is 1. The number of hydrogen-bond donors (Lipinski definition) is 3. The van der Waals surface area contributed by atoms with Gasteiger partial charge in [0.25, 0.3) is 0 Å². The van der Waals surface area contributed by atoms with E-state index in [2.05, 4.69) is 34.4 Å². The average Bonchev–Trinajstić information content (AvgIpc) is 3.06. The van der Waals surface area contributed by atoms with Crippen LogP contribution in [0.15, 0.2) is 30.5 Å². The van der Waals surface area contributed by atoms with Gasteiger partial charge in [0, 0.05) is 25.0 Å². The Morgan fingerprint density at radius 3 is 2.95 bits per heavy atom. The first kappa shape index (κ1) is 16.8. The second-order valence-electron chi connectivity index (χ2n) is 5.62. The highest BCUT2D eigenvalue weighted by atomic mass is 35.5. The number of aliphatic hydroxyl groups excluding tert-OH is 1. The molecule has 6 heteroatoms. The van der Waals surface area contributed by atoms with Crippen LogP contribution in [0.1, 0.15) is 19.8 Å². The van der Waals surface area contributed by atoms with Crippen LogP contribution in [0.5, 0.6) is 0 Å². The number of nitrogens with zero attached hydrogens (tertiary/aromatic N) is 1. The van der Waals surface area contributed by atoms with Gasteiger partial charge in [-0.1, -0.05) is 13.0 Å². The summed E-state index contributed by atoms with van der Waals surface area (Å²) >= 11 is 0. The molecule has 1 saturated heterocycles. The Labute approximate surface area is 136 Å². The Morgan fingerprint density at radius 1 is 1.45 bits per heavy atom. The normalized spacial score (nSPS) is 20.8. The summed E-state index contributed by atoms with van der Waals surface area (Å²) in [4.78, 5) is 12.2. The lowest BCUT2D eigenvalue weighted by atomic mass is 10.2. The Morgan fingerprint density at radius 2 is 2.27 bits per heavy atom. The van der Waals surface area contributed by atoms with Crippen LogP contribution < -0.4 is 10.6 Å². The van der Waals surface area contributed by atoms with Crippen LogP contribution in [0.3, 0.4) is 0 Å². The number of aromatic nitrogens is 1. The standard InChI is InChI=1S/C16H21N3O2.ClH/c1-2-6-19-7-5-11-3-4-12(8-15(11)19)18-16(21)14-9-13(20)10-17-14;/h3-5,7-8,13-14,17,20H,2,6,9-10H2,1H3,(H,18,21);1H. The fourth-order valence-corrected chi connectivity index (χ4v) is 2.84. The predicted molar refractivity (Wildman–Crippen MR) is 90.5 cm³/mol. The monoisotopic (exact) mass is 323 g/mol. The van der Waals surface area contributed by atoms with Gasteiger partial charge in [0.15, 0.2) is 0 Å². The number of aryl methyl sites for hydroxylation is 1. The molecule has 5 nitrogen and oxygen atoms in total. The van der Waals surface area contributed by atoms with Crippen LogP contribution in [0, 0.1) is 0 Å². The molecule has 0 radical (unpaired) electrons. The number of aliphatic hydroxyl groups is 1. The molecule has 120 valence electrons. The summed E-state index contributed by atoms with van der Waals surface area (Å²) in [6, 6.07) is 7.73. The summed E-state index contributed by atoms with van der Waals surface area (Å²) in [5.41, 5.74) is 1.93. The fraction of sp³-hybridized carbons (Fsp3) is 0.438. The van der Waals surface area contributed by atoms with E-state index in [9.17, 15) is 9.90 Å². The zero-order valence-electron chi connectivity index (χ0n) is 12.6. The number of β-amino-alcohol motifs (C(OH)–C–C–N with tert-alkyl or cyclic N) is 1.